The lowest BCUT2D eigenvalue weighted by Gasteiger charge is -2.05. The van der Waals surface area contributed by atoms with Crippen LogP contribution in [0, 0.1) is 0 Å². The molecule has 2 heterocycles. The zero-order valence-corrected chi connectivity index (χ0v) is 16.0. The molecule has 0 radical (unpaired) electrons. The van der Waals surface area contributed by atoms with E-state index in [9.17, 15) is 4.79 Å². The van der Waals surface area contributed by atoms with E-state index in [0.717, 1.165) is 5.56 Å². The Balaban J connectivity index is 1.34. The number of carbonyl (C=O) groups is 1. The van der Waals surface area contributed by atoms with Gasteiger partial charge in [0.05, 0.1) is 11.6 Å². The molecule has 1 N–H and O–H groups in total. The number of anilines is 1. The molecular weight excluding hydrogens is 392 g/mol. The highest BCUT2D eigenvalue weighted by Gasteiger charge is 2.14. The summed E-state index contributed by atoms with van der Waals surface area (Å²) >= 11 is 6.05. The van der Waals surface area contributed by atoms with Crippen LogP contribution in [-0.2, 0) is 13.2 Å². The number of furan rings is 1. The van der Waals surface area contributed by atoms with Gasteiger partial charge in [0.1, 0.15) is 24.4 Å². The Hall–Kier alpha value is -3.58. The van der Waals surface area contributed by atoms with E-state index < -0.39 is 5.91 Å². The molecule has 0 saturated carbocycles. The molecule has 0 aliphatic carbocycles. The Morgan fingerprint density at radius 2 is 1.86 bits per heavy atom. The predicted molar refractivity (Wildman–Crippen MR) is 108 cm³/mol. The van der Waals surface area contributed by atoms with Crippen molar-refractivity contribution >= 4 is 23.5 Å². The van der Waals surface area contributed by atoms with Gasteiger partial charge in [0.15, 0.2) is 5.76 Å². The fourth-order valence-corrected chi connectivity index (χ4v) is 2.84. The topological polar surface area (TPSA) is 82.2 Å². The molecule has 0 aliphatic heterocycles. The van der Waals surface area contributed by atoms with Crippen LogP contribution in [-0.4, -0.2) is 20.7 Å². The largest absolute Gasteiger partial charge is 0.484 e. The van der Waals surface area contributed by atoms with Crippen LogP contribution in [0.3, 0.4) is 0 Å². The van der Waals surface area contributed by atoms with Crippen molar-refractivity contribution in [1.29, 1.82) is 0 Å². The van der Waals surface area contributed by atoms with E-state index in [0.29, 0.717) is 23.1 Å². The summed E-state index contributed by atoms with van der Waals surface area (Å²) in [4.78, 5) is 16.5. The second kappa shape index (κ2) is 8.62. The summed E-state index contributed by atoms with van der Waals surface area (Å²) in [6.07, 6.45) is 1.56. The number of aromatic nitrogens is 3. The van der Waals surface area contributed by atoms with Crippen LogP contribution in [0.2, 0.25) is 5.02 Å². The summed E-state index contributed by atoms with van der Waals surface area (Å²) in [5.41, 5.74) is 1.09. The summed E-state index contributed by atoms with van der Waals surface area (Å²) in [5.74, 6) is 0.951. The van der Waals surface area contributed by atoms with Crippen molar-refractivity contribution in [2.75, 3.05) is 5.32 Å². The molecule has 2 aromatic carbocycles. The van der Waals surface area contributed by atoms with Crippen molar-refractivity contribution in [3.05, 3.63) is 95.2 Å². The number of amides is 1. The predicted octanol–water partition coefficient (Wildman–Crippen LogP) is 4.40. The first-order chi connectivity index (χ1) is 14.2. The first-order valence-electron chi connectivity index (χ1n) is 8.88. The van der Waals surface area contributed by atoms with Crippen LogP contribution in [0.25, 0.3) is 0 Å². The number of carbonyl (C=O) groups excluding carboxylic acids is 1. The fraction of sp³-hybridized carbons (Fsp3) is 0.0952. The molecule has 4 aromatic rings. The SMILES string of the molecule is O=C(Nc1ncn(Cc2ccccc2)n1)c1ccc(COc2ccccc2Cl)o1. The van der Waals surface area contributed by atoms with E-state index in [1.54, 1.807) is 35.3 Å². The first-order valence-corrected chi connectivity index (χ1v) is 9.26. The normalized spacial score (nSPS) is 10.7. The first kappa shape index (κ1) is 18.8. The number of hydrogen-bond acceptors (Lipinski definition) is 5. The standard InChI is InChI=1S/C21H17ClN4O3/c22-17-8-4-5-9-18(17)28-13-16-10-11-19(29-16)20(27)24-21-23-14-26(25-21)12-15-6-2-1-3-7-15/h1-11,14H,12-13H2,(H,24,25,27). The van der Waals surface area contributed by atoms with E-state index in [1.807, 2.05) is 42.5 Å². The highest BCUT2D eigenvalue weighted by molar-refractivity contribution is 6.32. The zero-order chi connectivity index (χ0) is 20.1. The molecule has 146 valence electrons. The molecule has 8 heteroatoms. The number of ether oxygens (including phenoxy) is 1. The van der Waals surface area contributed by atoms with E-state index >= 15 is 0 Å². The van der Waals surface area contributed by atoms with Gasteiger partial charge in [-0.3, -0.25) is 10.1 Å². The zero-order valence-electron chi connectivity index (χ0n) is 15.3. The summed E-state index contributed by atoms with van der Waals surface area (Å²) < 4.78 is 12.8. The number of nitrogens with one attached hydrogen (secondary N) is 1. The van der Waals surface area contributed by atoms with Crippen molar-refractivity contribution in [3.63, 3.8) is 0 Å². The highest BCUT2D eigenvalue weighted by Crippen LogP contribution is 2.24. The van der Waals surface area contributed by atoms with Crippen LogP contribution in [0.4, 0.5) is 5.95 Å². The average molecular weight is 409 g/mol. The Labute approximate surface area is 171 Å². The summed E-state index contributed by atoms with van der Waals surface area (Å²) in [7, 11) is 0. The Morgan fingerprint density at radius 1 is 1.07 bits per heavy atom. The molecule has 0 bridgehead atoms. The van der Waals surface area contributed by atoms with E-state index in [-0.39, 0.29) is 18.3 Å². The maximum Gasteiger partial charge on any atom is 0.293 e. The third-order valence-electron chi connectivity index (χ3n) is 4.04. The molecular formula is C21H17ClN4O3. The quantitative estimate of drug-likeness (QED) is 0.490. The lowest BCUT2D eigenvalue weighted by atomic mass is 10.2. The van der Waals surface area contributed by atoms with Crippen LogP contribution >= 0.6 is 11.6 Å². The van der Waals surface area contributed by atoms with Crippen molar-refractivity contribution in [1.82, 2.24) is 14.8 Å². The lowest BCUT2D eigenvalue weighted by Crippen LogP contribution is -2.12. The van der Waals surface area contributed by atoms with Gasteiger partial charge < -0.3 is 9.15 Å². The molecule has 0 fully saturated rings. The van der Waals surface area contributed by atoms with Crippen molar-refractivity contribution in [3.8, 4) is 5.75 Å². The van der Waals surface area contributed by atoms with Crippen molar-refractivity contribution < 1.29 is 13.9 Å². The van der Waals surface area contributed by atoms with Crippen LogP contribution in [0.1, 0.15) is 21.9 Å². The molecule has 0 spiro atoms. The molecule has 2 aromatic heterocycles. The minimum Gasteiger partial charge on any atom is -0.484 e. The smallest absolute Gasteiger partial charge is 0.293 e. The molecule has 0 unspecified atom stereocenters. The lowest BCUT2D eigenvalue weighted by molar-refractivity contribution is 0.0991. The maximum atomic E-state index is 12.4. The van der Waals surface area contributed by atoms with Crippen LogP contribution in [0.5, 0.6) is 5.75 Å². The Morgan fingerprint density at radius 3 is 2.69 bits per heavy atom. The third-order valence-corrected chi connectivity index (χ3v) is 4.35. The third kappa shape index (κ3) is 4.83. The van der Waals surface area contributed by atoms with Gasteiger partial charge >= 0.3 is 0 Å². The van der Waals surface area contributed by atoms with Gasteiger partial charge in [-0.15, -0.1) is 5.10 Å². The Bertz CT molecular complexity index is 1110. The monoisotopic (exact) mass is 408 g/mol. The van der Waals surface area contributed by atoms with Crippen LogP contribution < -0.4 is 10.1 Å². The molecule has 0 aliphatic rings. The number of rotatable bonds is 7. The highest BCUT2D eigenvalue weighted by atomic mass is 35.5. The number of halogens is 1. The van der Waals surface area contributed by atoms with Crippen LogP contribution in [0.15, 0.2) is 77.5 Å². The second-order valence-corrected chi connectivity index (χ2v) is 6.60. The number of hydrogen-bond donors (Lipinski definition) is 1. The number of para-hydroxylation sites is 1. The van der Waals surface area contributed by atoms with Crippen molar-refractivity contribution in [2.45, 2.75) is 13.2 Å². The van der Waals surface area contributed by atoms with Gasteiger partial charge in [0, 0.05) is 0 Å². The van der Waals surface area contributed by atoms with Crippen molar-refractivity contribution in [2.24, 2.45) is 0 Å². The number of benzene rings is 2. The minimum absolute atomic E-state index is 0.141. The maximum absolute atomic E-state index is 12.4. The fourth-order valence-electron chi connectivity index (χ4n) is 2.65. The van der Waals surface area contributed by atoms with Gasteiger partial charge in [-0.05, 0) is 29.8 Å². The minimum atomic E-state index is -0.438. The van der Waals surface area contributed by atoms with Gasteiger partial charge in [-0.2, -0.15) is 0 Å². The second-order valence-electron chi connectivity index (χ2n) is 6.19. The molecule has 29 heavy (non-hydrogen) atoms. The molecule has 0 saturated heterocycles. The van der Waals surface area contributed by atoms with Gasteiger partial charge in [-0.25, -0.2) is 9.67 Å². The van der Waals surface area contributed by atoms with Gasteiger partial charge in [0.25, 0.3) is 5.91 Å². The van der Waals surface area contributed by atoms with Gasteiger partial charge in [-0.1, -0.05) is 54.1 Å². The molecule has 7 nitrogen and oxygen atoms in total. The Kier molecular flexibility index (Phi) is 5.58. The van der Waals surface area contributed by atoms with E-state index in [4.69, 9.17) is 20.8 Å². The van der Waals surface area contributed by atoms with E-state index in [1.165, 1.54) is 0 Å². The summed E-state index contributed by atoms with van der Waals surface area (Å²) in [6.45, 7) is 0.717. The summed E-state index contributed by atoms with van der Waals surface area (Å²) in [5, 5.41) is 7.39. The molecule has 0 atom stereocenters. The molecule has 1 amide bonds. The van der Waals surface area contributed by atoms with Gasteiger partial charge in [0.2, 0.25) is 5.95 Å². The van der Waals surface area contributed by atoms with E-state index in [2.05, 4.69) is 15.4 Å². The molecule has 4 rings (SSSR count). The average Bonchev–Trinajstić information content (AvgIpc) is 3.38. The number of nitrogens with zero attached hydrogens (tertiary/aromatic N) is 3. The summed E-state index contributed by atoms with van der Waals surface area (Å²) in [6, 6.07) is 20.2.